The Balaban J connectivity index is 2.02. The van der Waals surface area contributed by atoms with Gasteiger partial charge in [-0.1, -0.05) is 32.4 Å². The quantitative estimate of drug-likeness (QED) is 0.253. The number of methoxy groups -OCH3 is 2. The predicted octanol–water partition coefficient (Wildman–Crippen LogP) is 4.76. The lowest BCUT2D eigenvalue weighted by Crippen LogP contribution is -2.52. The topological polar surface area (TPSA) is 105 Å². The van der Waals surface area contributed by atoms with E-state index >= 15 is 0 Å². The van der Waals surface area contributed by atoms with Crippen LogP contribution in [0.2, 0.25) is 0 Å². The second-order valence-electron chi connectivity index (χ2n) is 9.60. The van der Waals surface area contributed by atoms with Crippen molar-refractivity contribution >= 4 is 27.5 Å². The highest BCUT2D eigenvalue weighted by atomic mass is 32.2. The lowest BCUT2D eigenvalue weighted by atomic mass is 10.1. The Bertz CT molecular complexity index is 1410. The maximum Gasteiger partial charge on any atom is 0.264 e. The highest BCUT2D eigenvalue weighted by Gasteiger charge is 2.33. The molecule has 0 heterocycles. The number of hydrogen-bond acceptors (Lipinski definition) is 6. The van der Waals surface area contributed by atoms with Crippen molar-refractivity contribution in [2.45, 2.75) is 50.6 Å². The van der Waals surface area contributed by atoms with Crippen LogP contribution in [0.4, 0.5) is 10.1 Å². The number of hydrogen-bond donors (Lipinski definition) is 1. The van der Waals surface area contributed by atoms with Gasteiger partial charge in [-0.2, -0.15) is 0 Å². The number of anilines is 1. The van der Waals surface area contributed by atoms with Crippen LogP contribution in [0, 0.1) is 5.82 Å². The number of halogens is 1. The highest BCUT2D eigenvalue weighted by Crippen LogP contribution is 2.26. The van der Waals surface area contributed by atoms with E-state index in [0.717, 1.165) is 34.8 Å². The van der Waals surface area contributed by atoms with Crippen LogP contribution in [0.3, 0.4) is 0 Å². The van der Waals surface area contributed by atoms with E-state index in [1.54, 1.807) is 38.3 Å². The predicted molar refractivity (Wildman–Crippen MR) is 159 cm³/mol. The van der Waals surface area contributed by atoms with Crippen molar-refractivity contribution in [1.82, 2.24) is 10.2 Å². The van der Waals surface area contributed by atoms with Crippen molar-refractivity contribution in [3.8, 4) is 11.5 Å². The molecule has 0 fully saturated rings. The SMILES string of the molecule is CCCCNC(=O)[C@H](CC)N(Cc1ccc(OC)cc1)C(=O)CN(c1ccc(F)cc1)S(=O)(=O)c1ccc(OC)cc1. The number of unbranched alkanes of at least 4 members (excludes halogenated alkanes) is 1. The number of nitrogens with one attached hydrogen (secondary N) is 1. The molecule has 0 aliphatic rings. The molecular formula is C31H38FN3O6S. The van der Waals surface area contributed by atoms with Gasteiger partial charge in [0, 0.05) is 13.1 Å². The summed E-state index contributed by atoms with van der Waals surface area (Å²) in [4.78, 5) is 28.6. The molecule has 11 heteroatoms. The summed E-state index contributed by atoms with van der Waals surface area (Å²) in [6.07, 6.45) is 1.98. The first-order valence-corrected chi connectivity index (χ1v) is 15.2. The number of nitrogens with zero attached hydrogens (tertiary/aromatic N) is 2. The van der Waals surface area contributed by atoms with Crippen LogP contribution >= 0.6 is 0 Å². The third-order valence-corrected chi connectivity index (χ3v) is 8.56. The van der Waals surface area contributed by atoms with Gasteiger partial charge in [-0.3, -0.25) is 13.9 Å². The molecule has 0 aliphatic carbocycles. The molecule has 3 aromatic rings. The maximum atomic E-state index is 14.1. The average Bonchev–Trinajstić information content (AvgIpc) is 3.00. The Morgan fingerprint density at radius 3 is 1.98 bits per heavy atom. The molecule has 0 saturated carbocycles. The molecule has 0 saturated heterocycles. The van der Waals surface area contributed by atoms with Gasteiger partial charge >= 0.3 is 0 Å². The van der Waals surface area contributed by atoms with Gasteiger partial charge in [0.15, 0.2) is 0 Å². The Morgan fingerprint density at radius 1 is 0.881 bits per heavy atom. The zero-order chi connectivity index (χ0) is 30.7. The first-order chi connectivity index (χ1) is 20.1. The van der Waals surface area contributed by atoms with Crippen molar-refractivity contribution in [1.29, 1.82) is 0 Å². The van der Waals surface area contributed by atoms with Crippen molar-refractivity contribution in [3.05, 3.63) is 84.2 Å². The molecule has 2 amide bonds. The molecule has 0 unspecified atom stereocenters. The fourth-order valence-electron chi connectivity index (χ4n) is 4.36. The van der Waals surface area contributed by atoms with Gasteiger partial charge in [0.25, 0.3) is 10.0 Å². The summed E-state index contributed by atoms with van der Waals surface area (Å²) >= 11 is 0. The van der Waals surface area contributed by atoms with Gasteiger partial charge in [0.05, 0.1) is 24.8 Å². The summed E-state index contributed by atoms with van der Waals surface area (Å²) in [5, 5.41) is 2.89. The van der Waals surface area contributed by atoms with E-state index in [9.17, 15) is 22.4 Å². The molecule has 42 heavy (non-hydrogen) atoms. The molecule has 1 atom stereocenters. The van der Waals surface area contributed by atoms with E-state index < -0.39 is 34.3 Å². The fourth-order valence-corrected chi connectivity index (χ4v) is 5.78. The van der Waals surface area contributed by atoms with E-state index in [-0.39, 0.29) is 23.0 Å². The lowest BCUT2D eigenvalue weighted by molar-refractivity contribution is -0.140. The zero-order valence-corrected chi connectivity index (χ0v) is 25.2. The third-order valence-electron chi connectivity index (χ3n) is 6.77. The number of carbonyl (C=O) groups excluding carboxylic acids is 2. The Labute approximate surface area is 247 Å². The first-order valence-electron chi connectivity index (χ1n) is 13.8. The van der Waals surface area contributed by atoms with Crippen LogP contribution in [0.5, 0.6) is 11.5 Å². The molecule has 0 aromatic heterocycles. The van der Waals surface area contributed by atoms with Crippen LogP contribution < -0.4 is 19.1 Å². The highest BCUT2D eigenvalue weighted by molar-refractivity contribution is 7.92. The Morgan fingerprint density at radius 2 is 1.45 bits per heavy atom. The molecule has 9 nitrogen and oxygen atoms in total. The molecule has 0 bridgehead atoms. The normalized spacial score (nSPS) is 11.8. The van der Waals surface area contributed by atoms with Crippen LogP contribution in [0.1, 0.15) is 38.7 Å². The summed E-state index contributed by atoms with van der Waals surface area (Å²) in [6, 6.07) is 16.8. The second kappa shape index (κ2) is 15.2. The molecular weight excluding hydrogens is 561 g/mol. The van der Waals surface area contributed by atoms with Crippen LogP contribution in [-0.4, -0.2) is 58.5 Å². The summed E-state index contributed by atoms with van der Waals surface area (Å²) < 4.78 is 52.9. The van der Waals surface area contributed by atoms with Gasteiger partial charge in [-0.05, 0) is 79.1 Å². The molecule has 1 N–H and O–H groups in total. The summed E-state index contributed by atoms with van der Waals surface area (Å²) in [5.41, 5.74) is 0.834. The molecule has 0 aliphatic heterocycles. The molecule has 0 radical (unpaired) electrons. The summed E-state index contributed by atoms with van der Waals surface area (Å²) in [5.74, 6) is -0.371. The number of amides is 2. The van der Waals surface area contributed by atoms with E-state index in [0.29, 0.717) is 24.5 Å². The maximum absolute atomic E-state index is 14.1. The van der Waals surface area contributed by atoms with E-state index in [4.69, 9.17) is 9.47 Å². The molecule has 0 spiro atoms. The third kappa shape index (κ3) is 8.22. The molecule has 3 aromatic carbocycles. The van der Waals surface area contributed by atoms with Crippen LogP contribution in [0.15, 0.2) is 77.7 Å². The number of benzene rings is 3. The minimum Gasteiger partial charge on any atom is -0.497 e. The van der Waals surface area contributed by atoms with Gasteiger partial charge in [-0.15, -0.1) is 0 Å². The minimum atomic E-state index is -4.28. The average molecular weight is 600 g/mol. The number of ether oxygens (including phenoxy) is 2. The lowest BCUT2D eigenvalue weighted by Gasteiger charge is -2.33. The van der Waals surface area contributed by atoms with E-state index in [1.165, 1.54) is 48.4 Å². The van der Waals surface area contributed by atoms with Crippen molar-refractivity contribution in [2.24, 2.45) is 0 Å². The number of rotatable bonds is 15. The van der Waals surface area contributed by atoms with Gasteiger partial charge in [0.2, 0.25) is 11.8 Å². The Kier molecular flexibility index (Phi) is 11.7. The van der Waals surface area contributed by atoms with Crippen LogP contribution in [-0.2, 0) is 26.2 Å². The van der Waals surface area contributed by atoms with Crippen LogP contribution in [0.25, 0.3) is 0 Å². The Hall–Kier alpha value is -4.12. The smallest absolute Gasteiger partial charge is 0.264 e. The largest absolute Gasteiger partial charge is 0.497 e. The van der Waals surface area contributed by atoms with Gasteiger partial charge in [-0.25, -0.2) is 12.8 Å². The minimum absolute atomic E-state index is 0.0579. The van der Waals surface area contributed by atoms with Crippen molar-refractivity contribution in [3.63, 3.8) is 0 Å². The van der Waals surface area contributed by atoms with E-state index in [2.05, 4.69) is 5.32 Å². The molecule has 226 valence electrons. The van der Waals surface area contributed by atoms with E-state index in [1.807, 2.05) is 6.92 Å². The summed E-state index contributed by atoms with van der Waals surface area (Å²) in [7, 11) is -1.27. The fraction of sp³-hybridized carbons (Fsp3) is 0.355. The van der Waals surface area contributed by atoms with Crippen molar-refractivity contribution < 1.29 is 31.9 Å². The standard InChI is InChI=1S/C31H38FN3O6S/c1-5-7-20-33-31(37)29(6-2)34(21-23-8-14-26(40-3)15-9-23)30(36)22-35(25-12-10-24(32)11-13-25)42(38,39)28-18-16-27(41-4)17-19-28/h8-19,29H,5-7,20-22H2,1-4H3,(H,33,37)/t29-/m0/s1. The zero-order valence-electron chi connectivity index (χ0n) is 24.4. The van der Waals surface area contributed by atoms with Gasteiger partial charge in [0.1, 0.15) is 29.9 Å². The number of carbonyl (C=O) groups is 2. The number of sulfonamides is 1. The first kappa shape index (κ1) is 32.4. The summed E-state index contributed by atoms with van der Waals surface area (Å²) in [6.45, 7) is 3.71. The van der Waals surface area contributed by atoms with Crippen molar-refractivity contribution in [2.75, 3.05) is 31.6 Å². The molecule has 3 rings (SSSR count). The second-order valence-corrected chi connectivity index (χ2v) is 11.5. The monoisotopic (exact) mass is 599 g/mol. The van der Waals surface area contributed by atoms with Gasteiger partial charge < -0.3 is 19.7 Å².